The highest BCUT2D eigenvalue weighted by Gasteiger charge is 2.36. The predicted octanol–water partition coefficient (Wildman–Crippen LogP) is -0.596. The van der Waals surface area contributed by atoms with Gasteiger partial charge >= 0.3 is 0 Å². The minimum Gasteiger partial charge on any atom is -0.391 e. The Morgan fingerprint density at radius 3 is 2.62 bits per heavy atom. The number of carbonyl (C=O) groups excluding carboxylic acids is 1. The summed E-state index contributed by atoms with van der Waals surface area (Å²) in [7, 11) is -3.00. The normalized spacial score (nSPS) is 33.9. The van der Waals surface area contributed by atoms with Gasteiger partial charge in [0, 0.05) is 13.1 Å². The fraction of sp³-hybridized carbons (Fsp3) is 0.900. The smallest absolute Gasteiger partial charge is 0.226 e. The van der Waals surface area contributed by atoms with E-state index in [9.17, 15) is 18.3 Å². The van der Waals surface area contributed by atoms with Crippen LogP contribution in [0.4, 0.5) is 0 Å². The van der Waals surface area contributed by atoms with Crippen LogP contribution in [0.3, 0.4) is 0 Å². The summed E-state index contributed by atoms with van der Waals surface area (Å²) in [4.78, 5) is 13.6. The van der Waals surface area contributed by atoms with E-state index in [-0.39, 0.29) is 23.3 Å². The maximum Gasteiger partial charge on any atom is 0.226 e. The molecule has 0 aromatic heterocycles. The molecule has 2 saturated heterocycles. The van der Waals surface area contributed by atoms with E-state index in [4.69, 9.17) is 0 Å². The fourth-order valence-electron chi connectivity index (χ4n) is 2.40. The molecule has 0 spiro atoms. The van der Waals surface area contributed by atoms with Gasteiger partial charge in [0.05, 0.1) is 23.5 Å². The zero-order valence-corrected chi connectivity index (χ0v) is 9.95. The summed E-state index contributed by atoms with van der Waals surface area (Å²) in [6.07, 6.45) is 1.52. The number of hydrogen-bond donors (Lipinski definition) is 1. The molecule has 0 aromatic carbocycles. The molecule has 2 heterocycles. The van der Waals surface area contributed by atoms with Gasteiger partial charge in [0.15, 0.2) is 9.84 Å². The summed E-state index contributed by atoms with van der Waals surface area (Å²) in [5, 5.41) is 9.46. The molecular formula is C10H17NO4S. The SMILES string of the molecule is O=C(C1CCS(=O)(=O)C1)N1CCCC(O)C1. The summed E-state index contributed by atoms with van der Waals surface area (Å²) < 4.78 is 22.5. The Bertz CT molecular complexity index is 378. The molecule has 2 unspecified atom stereocenters. The van der Waals surface area contributed by atoms with Crippen LogP contribution >= 0.6 is 0 Å². The predicted molar refractivity (Wildman–Crippen MR) is 58.6 cm³/mol. The number of sulfone groups is 1. The maximum atomic E-state index is 12.0. The molecule has 0 aromatic rings. The Kier molecular flexibility index (Phi) is 3.21. The highest BCUT2D eigenvalue weighted by Crippen LogP contribution is 2.22. The number of carbonyl (C=O) groups is 1. The van der Waals surface area contributed by atoms with E-state index >= 15 is 0 Å². The first-order valence-electron chi connectivity index (χ1n) is 5.65. The zero-order chi connectivity index (χ0) is 11.8. The molecule has 0 radical (unpaired) electrons. The molecule has 2 aliphatic heterocycles. The molecule has 2 rings (SSSR count). The van der Waals surface area contributed by atoms with Crippen LogP contribution in [-0.4, -0.2) is 55.0 Å². The van der Waals surface area contributed by atoms with Gasteiger partial charge in [-0.25, -0.2) is 8.42 Å². The monoisotopic (exact) mass is 247 g/mol. The molecule has 1 amide bonds. The Morgan fingerprint density at radius 2 is 2.06 bits per heavy atom. The molecule has 6 heteroatoms. The number of amides is 1. The van der Waals surface area contributed by atoms with Crippen molar-refractivity contribution < 1.29 is 18.3 Å². The number of aliphatic hydroxyl groups is 1. The highest BCUT2D eigenvalue weighted by molar-refractivity contribution is 7.91. The number of nitrogens with zero attached hydrogens (tertiary/aromatic N) is 1. The Hall–Kier alpha value is -0.620. The fourth-order valence-corrected chi connectivity index (χ4v) is 4.14. The standard InChI is InChI=1S/C10H17NO4S/c12-9-2-1-4-11(6-9)10(13)8-3-5-16(14,15)7-8/h8-9,12H,1-7H2. The number of rotatable bonds is 1. The van der Waals surface area contributed by atoms with Gasteiger partial charge in [-0.3, -0.25) is 4.79 Å². The lowest BCUT2D eigenvalue weighted by Gasteiger charge is -2.31. The van der Waals surface area contributed by atoms with Crippen LogP contribution < -0.4 is 0 Å². The van der Waals surface area contributed by atoms with Crippen molar-refractivity contribution in [2.24, 2.45) is 5.92 Å². The highest BCUT2D eigenvalue weighted by atomic mass is 32.2. The molecule has 2 fully saturated rings. The zero-order valence-electron chi connectivity index (χ0n) is 9.13. The minimum atomic E-state index is -3.00. The maximum absolute atomic E-state index is 12.0. The van der Waals surface area contributed by atoms with Crippen molar-refractivity contribution in [1.82, 2.24) is 4.90 Å². The van der Waals surface area contributed by atoms with Crippen LogP contribution in [0, 0.1) is 5.92 Å². The topological polar surface area (TPSA) is 74.7 Å². The van der Waals surface area contributed by atoms with Crippen LogP contribution in [-0.2, 0) is 14.6 Å². The number of hydrogen-bond acceptors (Lipinski definition) is 4. The van der Waals surface area contributed by atoms with Gasteiger partial charge in [-0.05, 0) is 19.3 Å². The first-order chi connectivity index (χ1) is 7.48. The summed E-state index contributed by atoms with van der Waals surface area (Å²) in [5.74, 6) is -0.367. The van der Waals surface area contributed by atoms with Crippen LogP contribution in [0.1, 0.15) is 19.3 Å². The third-order valence-electron chi connectivity index (χ3n) is 3.29. The first-order valence-corrected chi connectivity index (χ1v) is 7.47. The average Bonchev–Trinajstić information content (AvgIpc) is 2.58. The minimum absolute atomic E-state index is 0.0154. The van der Waals surface area contributed by atoms with E-state index in [0.717, 1.165) is 12.8 Å². The van der Waals surface area contributed by atoms with Gasteiger partial charge in [0.25, 0.3) is 0 Å². The first kappa shape index (κ1) is 11.9. The van der Waals surface area contributed by atoms with Crippen molar-refractivity contribution in [3.05, 3.63) is 0 Å². The molecule has 0 bridgehead atoms. The van der Waals surface area contributed by atoms with Crippen molar-refractivity contribution in [2.75, 3.05) is 24.6 Å². The second-order valence-electron chi connectivity index (χ2n) is 4.68. The van der Waals surface area contributed by atoms with Crippen LogP contribution in [0.5, 0.6) is 0 Å². The molecule has 0 saturated carbocycles. The van der Waals surface area contributed by atoms with Crippen molar-refractivity contribution >= 4 is 15.7 Å². The average molecular weight is 247 g/mol. The van der Waals surface area contributed by atoms with Gasteiger partial charge in [0.1, 0.15) is 0 Å². The third kappa shape index (κ3) is 2.55. The van der Waals surface area contributed by atoms with Crippen LogP contribution in [0.2, 0.25) is 0 Å². The summed E-state index contributed by atoms with van der Waals surface area (Å²) in [6, 6.07) is 0. The van der Waals surface area contributed by atoms with Gasteiger partial charge in [-0.1, -0.05) is 0 Å². The van der Waals surface area contributed by atoms with Crippen molar-refractivity contribution in [2.45, 2.75) is 25.4 Å². The molecule has 2 atom stereocenters. The van der Waals surface area contributed by atoms with Crippen molar-refractivity contribution in [1.29, 1.82) is 0 Å². The van der Waals surface area contributed by atoms with Crippen LogP contribution in [0.15, 0.2) is 0 Å². The summed E-state index contributed by atoms with van der Waals surface area (Å²) >= 11 is 0. The Balaban J connectivity index is 1.97. The largest absolute Gasteiger partial charge is 0.391 e. The molecule has 16 heavy (non-hydrogen) atoms. The molecule has 5 nitrogen and oxygen atoms in total. The van der Waals surface area contributed by atoms with Gasteiger partial charge in [-0.15, -0.1) is 0 Å². The van der Waals surface area contributed by atoms with E-state index in [2.05, 4.69) is 0 Å². The van der Waals surface area contributed by atoms with E-state index in [1.807, 2.05) is 0 Å². The van der Waals surface area contributed by atoms with Crippen LogP contribution in [0.25, 0.3) is 0 Å². The summed E-state index contributed by atoms with van der Waals surface area (Å²) in [6.45, 7) is 1.00. The van der Waals surface area contributed by atoms with E-state index in [0.29, 0.717) is 19.5 Å². The van der Waals surface area contributed by atoms with Gasteiger partial charge in [-0.2, -0.15) is 0 Å². The van der Waals surface area contributed by atoms with E-state index in [1.165, 1.54) is 0 Å². The quantitative estimate of drug-likeness (QED) is 0.671. The second-order valence-corrected chi connectivity index (χ2v) is 6.91. The lowest BCUT2D eigenvalue weighted by Crippen LogP contribution is -2.45. The number of likely N-dealkylation sites (tertiary alicyclic amines) is 1. The van der Waals surface area contributed by atoms with E-state index < -0.39 is 15.9 Å². The molecule has 1 N–H and O–H groups in total. The molecule has 0 aliphatic carbocycles. The Morgan fingerprint density at radius 1 is 1.31 bits per heavy atom. The van der Waals surface area contributed by atoms with Crippen molar-refractivity contribution in [3.63, 3.8) is 0 Å². The molecular weight excluding hydrogens is 230 g/mol. The van der Waals surface area contributed by atoms with E-state index in [1.54, 1.807) is 4.90 Å². The molecule has 2 aliphatic rings. The Labute approximate surface area is 95.4 Å². The number of β-amino-alcohol motifs (C(OH)–C–C–N with tert-alkyl or cyclic N) is 1. The third-order valence-corrected chi connectivity index (χ3v) is 5.06. The van der Waals surface area contributed by atoms with Crippen molar-refractivity contribution in [3.8, 4) is 0 Å². The van der Waals surface area contributed by atoms with Gasteiger partial charge in [0.2, 0.25) is 5.91 Å². The molecule has 92 valence electrons. The summed E-state index contributed by atoms with van der Waals surface area (Å²) in [5.41, 5.74) is 0. The second kappa shape index (κ2) is 4.33. The number of aliphatic hydroxyl groups excluding tert-OH is 1. The van der Waals surface area contributed by atoms with Gasteiger partial charge < -0.3 is 10.0 Å². The lowest BCUT2D eigenvalue weighted by atomic mass is 10.0. The lowest BCUT2D eigenvalue weighted by molar-refractivity contribution is -0.137. The number of piperidine rings is 1.